The molecule has 1 heterocycles. The summed E-state index contributed by atoms with van der Waals surface area (Å²) in [4.78, 5) is 0. The molecule has 0 saturated carbocycles. The van der Waals surface area contributed by atoms with Crippen LogP contribution in [0.2, 0.25) is 0 Å². The molecule has 15 heavy (non-hydrogen) atoms. The zero-order valence-electron chi connectivity index (χ0n) is 8.95. The fourth-order valence-corrected chi connectivity index (χ4v) is 1.66. The minimum atomic E-state index is 0.968. The molecule has 0 bridgehead atoms. The van der Waals surface area contributed by atoms with Gasteiger partial charge < -0.3 is 0 Å². The van der Waals surface area contributed by atoms with E-state index in [2.05, 4.69) is 39.2 Å². The molecule has 0 aliphatic heterocycles. The van der Waals surface area contributed by atoms with Gasteiger partial charge in [-0.05, 0) is 44.5 Å². The summed E-state index contributed by atoms with van der Waals surface area (Å²) in [5.41, 5.74) is 4.29. The van der Waals surface area contributed by atoms with Gasteiger partial charge in [-0.15, -0.1) is 5.10 Å². The van der Waals surface area contributed by atoms with E-state index < -0.39 is 0 Å². The van der Waals surface area contributed by atoms with E-state index in [1.807, 2.05) is 30.7 Å². The van der Waals surface area contributed by atoms with E-state index in [1.54, 1.807) is 0 Å². The minimum Gasteiger partial charge on any atom is -0.218 e. The number of hydrogen-bond donors (Lipinski definition) is 0. The van der Waals surface area contributed by atoms with Crippen LogP contribution in [0.15, 0.2) is 22.7 Å². The van der Waals surface area contributed by atoms with E-state index in [0.717, 1.165) is 21.5 Å². The average Bonchev–Trinajstić information content (AvgIpc) is 2.53. The molecule has 0 radical (unpaired) electrons. The highest BCUT2D eigenvalue weighted by Crippen LogP contribution is 2.20. The lowest BCUT2D eigenvalue weighted by Gasteiger charge is -2.05. The van der Waals surface area contributed by atoms with E-state index >= 15 is 0 Å². The lowest BCUT2D eigenvalue weighted by molar-refractivity contribution is 0.783. The van der Waals surface area contributed by atoms with E-state index in [9.17, 15) is 0 Å². The van der Waals surface area contributed by atoms with Gasteiger partial charge in [0, 0.05) is 4.47 Å². The Balaban J connectivity index is 2.55. The maximum absolute atomic E-state index is 4.11. The number of aromatic nitrogens is 3. The number of benzene rings is 1. The molecule has 0 saturated heterocycles. The predicted molar refractivity (Wildman–Crippen MR) is 63.3 cm³/mol. The van der Waals surface area contributed by atoms with Crippen molar-refractivity contribution < 1.29 is 0 Å². The predicted octanol–water partition coefficient (Wildman–Crippen LogP) is 2.96. The molecule has 0 fully saturated rings. The molecule has 0 spiro atoms. The summed E-state index contributed by atoms with van der Waals surface area (Å²) in [5.74, 6) is 0. The number of aryl methyl sites for hydroxylation is 2. The van der Waals surface area contributed by atoms with E-state index in [1.165, 1.54) is 5.56 Å². The third-order valence-corrected chi connectivity index (χ3v) is 3.40. The van der Waals surface area contributed by atoms with Crippen molar-refractivity contribution in [3.63, 3.8) is 0 Å². The maximum atomic E-state index is 4.11. The van der Waals surface area contributed by atoms with Crippen LogP contribution in [-0.2, 0) is 0 Å². The molecule has 0 aliphatic rings. The van der Waals surface area contributed by atoms with Crippen LogP contribution in [0.1, 0.15) is 17.0 Å². The van der Waals surface area contributed by atoms with Gasteiger partial charge >= 0.3 is 0 Å². The second-order valence-corrected chi connectivity index (χ2v) is 4.46. The molecule has 0 unspecified atom stereocenters. The Bertz CT molecular complexity index is 503. The Labute approximate surface area is 97.2 Å². The van der Waals surface area contributed by atoms with Gasteiger partial charge in [0.05, 0.1) is 17.1 Å². The number of hydrogen-bond acceptors (Lipinski definition) is 2. The molecular formula is C11H12BrN3. The topological polar surface area (TPSA) is 30.7 Å². The van der Waals surface area contributed by atoms with Crippen molar-refractivity contribution in [1.82, 2.24) is 15.0 Å². The molecule has 1 aromatic carbocycles. The van der Waals surface area contributed by atoms with Crippen molar-refractivity contribution in [1.29, 1.82) is 0 Å². The third kappa shape index (κ3) is 1.81. The van der Waals surface area contributed by atoms with Crippen LogP contribution in [0.25, 0.3) is 5.69 Å². The number of nitrogens with zero attached hydrogens (tertiary/aromatic N) is 3. The summed E-state index contributed by atoms with van der Waals surface area (Å²) in [5, 5.41) is 8.15. The lowest BCUT2D eigenvalue weighted by Crippen LogP contribution is -1.99. The van der Waals surface area contributed by atoms with Crippen LogP contribution in [-0.4, -0.2) is 15.0 Å². The Morgan fingerprint density at radius 2 is 1.93 bits per heavy atom. The summed E-state index contributed by atoms with van der Waals surface area (Å²) < 4.78 is 2.97. The summed E-state index contributed by atoms with van der Waals surface area (Å²) in [6, 6.07) is 6.14. The maximum Gasteiger partial charge on any atom is 0.0830 e. The van der Waals surface area contributed by atoms with E-state index in [-0.39, 0.29) is 0 Å². The average molecular weight is 266 g/mol. The first-order valence-electron chi connectivity index (χ1n) is 4.75. The normalized spacial score (nSPS) is 10.7. The third-order valence-electron chi connectivity index (χ3n) is 2.51. The fraction of sp³-hybridized carbons (Fsp3) is 0.273. The molecule has 4 heteroatoms. The van der Waals surface area contributed by atoms with Gasteiger partial charge in [-0.3, -0.25) is 0 Å². The van der Waals surface area contributed by atoms with Gasteiger partial charge in [0.15, 0.2) is 0 Å². The van der Waals surface area contributed by atoms with Gasteiger partial charge in [0.1, 0.15) is 0 Å². The second kappa shape index (κ2) is 3.77. The van der Waals surface area contributed by atoms with Crippen LogP contribution in [0.4, 0.5) is 0 Å². The van der Waals surface area contributed by atoms with Crippen molar-refractivity contribution in [2.45, 2.75) is 20.8 Å². The molecule has 2 rings (SSSR count). The Morgan fingerprint density at radius 1 is 1.20 bits per heavy atom. The van der Waals surface area contributed by atoms with Crippen LogP contribution in [0.5, 0.6) is 0 Å². The largest absolute Gasteiger partial charge is 0.218 e. The highest BCUT2D eigenvalue weighted by Gasteiger charge is 2.06. The van der Waals surface area contributed by atoms with Crippen LogP contribution in [0, 0.1) is 20.8 Å². The van der Waals surface area contributed by atoms with Gasteiger partial charge in [-0.1, -0.05) is 21.1 Å². The Kier molecular flexibility index (Phi) is 2.61. The highest BCUT2D eigenvalue weighted by molar-refractivity contribution is 9.10. The molecule has 1 aromatic heterocycles. The standard InChI is InChI=1S/C11H12BrN3/c1-7-6-10(4-5-11(7)12)15-9(3)8(2)13-14-15/h4-6H,1-3H3. The van der Waals surface area contributed by atoms with E-state index in [4.69, 9.17) is 0 Å². The van der Waals surface area contributed by atoms with Gasteiger partial charge in [-0.25, -0.2) is 4.68 Å². The summed E-state index contributed by atoms with van der Waals surface area (Å²) in [7, 11) is 0. The second-order valence-electron chi connectivity index (χ2n) is 3.61. The van der Waals surface area contributed by atoms with Crippen molar-refractivity contribution in [3.8, 4) is 5.69 Å². The zero-order chi connectivity index (χ0) is 11.0. The fourth-order valence-electron chi connectivity index (χ4n) is 1.41. The lowest BCUT2D eigenvalue weighted by atomic mass is 10.2. The van der Waals surface area contributed by atoms with Crippen LogP contribution >= 0.6 is 15.9 Å². The van der Waals surface area contributed by atoms with E-state index in [0.29, 0.717) is 0 Å². The van der Waals surface area contributed by atoms with Gasteiger partial charge in [-0.2, -0.15) is 0 Å². The zero-order valence-corrected chi connectivity index (χ0v) is 10.5. The van der Waals surface area contributed by atoms with Crippen molar-refractivity contribution in [2.24, 2.45) is 0 Å². The molecule has 0 N–H and O–H groups in total. The minimum absolute atomic E-state index is 0.968. The van der Waals surface area contributed by atoms with Crippen LogP contribution in [0.3, 0.4) is 0 Å². The quantitative estimate of drug-likeness (QED) is 0.794. The first-order valence-corrected chi connectivity index (χ1v) is 5.54. The number of rotatable bonds is 1. The molecule has 0 amide bonds. The molecule has 0 atom stereocenters. The van der Waals surface area contributed by atoms with Gasteiger partial charge in [0.2, 0.25) is 0 Å². The van der Waals surface area contributed by atoms with Gasteiger partial charge in [0.25, 0.3) is 0 Å². The van der Waals surface area contributed by atoms with Crippen molar-refractivity contribution >= 4 is 15.9 Å². The highest BCUT2D eigenvalue weighted by atomic mass is 79.9. The number of halogens is 1. The molecule has 2 aromatic rings. The van der Waals surface area contributed by atoms with Crippen LogP contribution < -0.4 is 0 Å². The first kappa shape index (κ1) is 10.4. The Morgan fingerprint density at radius 3 is 2.47 bits per heavy atom. The Hall–Kier alpha value is -1.16. The molecular weight excluding hydrogens is 254 g/mol. The molecule has 0 aliphatic carbocycles. The van der Waals surface area contributed by atoms with Crippen molar-refractivity contribution in [3.05, 3.63) is 39.6 Å². The SMILES string of the molecule is Cc1cc(-n2nnc(C)c2C)ccc1Br. The smallest absolute Gasteiger partial charge is 0.0830 e. The van der Waals surface area contributed by atoms with Crippen molar-refractivity contribution in [2.75, 3.05) is 0 Å². The molecule has 3 nitrogen and oxygen atoms in total. The summed E-state index contributed by atoms with van der Waals surface area (Å²) in [6.45, 7) is 6.05. The monoisotopic (exact) mass is 265 g/mol. The first-order chi connectivity index (χ1) is 7.09. The summed E-state index contributed by atoms with van der Waals surface area (Å²) in [6.07, 6.45) is 0. The molecule has 78 valence electrons. The summed E-state index contributed by atoms with van der Waals surface area (Å²) >= 11 is 3.48.